The first-order chi connectivity index (χ1) is 12.8. The summed E-state index contributed by atoms with van der Waals surface area (Å²) >= 11 is 5.89. The van der Waals surface area contributed by atoms with Crippen LogP contribution in [0.4, 0.5) is 15.8 Å². The Morgan fingerprint density at radius 2 is 1.74 bits per heavy atom. The molecule has 0 bridgehead atoms. The molecule has 2 aromatic carbocycles. The van der Waals surface area contributed by atoms with Crippen LogP contribution in [0.25, 0.3) is 0 Å². The topological polar surface area (TPSA) is 78.5 Å². The van der Waals surface area contributed by atoms with Crippen molar-refractivity contribution in [2.45, 2.75) is 18.7 Å². The second-order valence-corrected chi connectivity index (χ2v) is 7.98. The standard InChI is InChI=1S/C18H21ClFN3O3S/c1-3-23(4-2)27(25,26)15-8-6-14(7-9-15)22-18(24)12-21-17-10-5-13(20)11-16(17)19/h5-11,21H,3-4,12H2,1-2H3,(H,22,24). The van der Waals surface area contributed by atoms with Crippen LogP contribution in [0.1, 0.15) is 13.8 Å². The van der Waals surface area contributed by atoms with Crippen molar-refractivity contribution in [2.75, 3.05) is 30.3 Å². The van der Waals surface area contributed by atoms with E-state index in [1.807, 2.05) is 0 Å². The Hall–Kier alpha value is -2.16. The molecule has 27 heavy (non-hydrogen) atoms. The molecule has 0 saturated carbocycles. The van der Waals surface area contributed by atoms with Gasteiger partial charge in [-0.05, 0) is 42.5 Å². The van der Waals surface area contributed by atoms with Gasteiger partial charge >= 0.3 is 0 Å². The van der Waals surface area contributed by atoms with E-state index in [0.29, 0.717) is 24.5 Å². The number of nitrogens with one attached hydrogen (secondary N) is 2. The lowest BCUT2D eigenvalue weighted by Gasteiger charge is -2.18. The van der Waals surface area contributed by atoms with Crippen LogP contribution in [0.2, 0.25) is 5.02 Å². The molecule has 0 spiro atoms. The second kappa shape index (κ2) is 9.16. The molecular weight excluding hydrogens is 393 g/mol. The number of amides is 1. The number of halogens is 2. The van der Waals surface area contributed by atoms with Crippen LogP contribution in [0.5, 0.6) is 0 Å². The SMILES string of the molecule is CCN(CC)S(=O)(=O)c1ccc(NC(=O)CNc2ccc(F)cc2Cl)cc1. The molecule has 1 amide bonds. The van der Waals surface area contributed by atoms with E-state index >= 15 is 0 Å². The minimum atomic E-state index is -3.54. The lowest BCUT2D eigenvalue weighted by atomic mass is 10.3. The van der Waals surface area contributed by atoms with Crippen LogP contribution >= 0.6 is 11.6 Å². The highest BCUT2D eigenvalue weighted by atomic mass is 35.5. The van der Waals surface area contributed by atoms with Gasteiger partial charge in [0.1, 0.15) is 5.82 Å². The lowest BCUT2D eigenvalue weighted by Crippen LogP contribution is -2.30. The van der Waals surface area contributed by atoms with E-state index in [1.165, 1.54) is 40.7 Å². The predicted molar refractivity (Wildman–Crippen MR) is 105 cm³/mol. The average molecular weight is 414 g/mol. The minimum Gasteiger partial charge on any atom is -0.375 e. The van der Waals surface area contributed by atoms with Crippen molar-refractivity contribution >= 4 is 38.9 Å². The van der Waals surface area contributed by atoms with Crippen molar-refractivity contribution in [1.82, 2.24) is 4.31 Å². The Balaban J connectivity index is 1.98. The molecule has 2 N–H and O–H groups in total. The average Bonchev–Trinajstić information content (AvgIpc) is 2.62. The molecule has 0 aliphatic rings. The van der Waals surface area contributed by atoms with Crippen molar-refractivity contribution in [3.63, 3.8) is 0 Å². The van der Waals surface area contributed by atoms with Gasteiger partial charge < -0.3 is 10.6 Å². The Kier molecular flexibility index (Phi) is 7.18. The first-order valence-corrected chi connectivity index (χ1v) is 10.2. The van der Waals surface area contributed by atoms with Crippen LogP contribution in [0, 0.1) is 5.82 Å². The van der Waals surface area contributed by atoms with E-state index in [9.17, 15) is 17.6 Å². The van der Waals surface area contributed by atoms with Gasteiger partial charge in [0, 0.05) is 18.8 Å². The summed E-state index contributed by atoms with van der Waals surface area (Å²) in [5, 5.41) is 5.64. The van der Waals surface area contributed by atoms with E-state index in [2.05, 4.69) is 10.6 Å². The van der Waals surface area contributed by atoms with Gasteiger partial charge in [0.25, 0.3) is 0 Å². The zero-order valence-electron chi connectivity index (χ0n) is 15.0. The van der Waals surface area contributed by atoms with Crippen molar-refractivity contribution in [3.05, 3.63) is 53.3 Å². The van der Waals surface area contributed by atoms with Gasteiger partial charge in [-0.3, -0.25) is 4.79 Å². The van der Waals surface area contributed by atoms with Gasteiger partial charge in [-0.15, -0.1) is 0 Å². The molecular formula is C18H21ClFN3O3S. The van der Waals surface area contributed by atoms with Crippen LogP contribution in [0.15, 0.2) is 47.4 Å². The monoisotopic (exact) mass is 413 g/mol. The summed E-state index contributed by atoms with van der Waals surface area (Å²) in [6, 6.07) is 9.79. The number of rotatable bonds is 8. The number of nitrogens with zero attached hydrogens (tertiary/aromatic N) is 1. The second-order valence-electron chi connectivity index (χ2n) is 5.64. The van der Waals surface area contributed by atoms with Crippen molar-refractivity contribution < 1.29 is 17.6 Å². The molecule has 0 aliphatic heterocycles. The molecule has 0 heterocycles. The highest BCUT2D eigenvalue weighted by molar-refractivity contribution is 7.89. The van der Waals surface area contributed by atoms with E-state index in [4.69, 9.17) is 11.6 Å². The van der Waals surface area contributed by atoms with Crippen molar-refractivity contribution in [3.8, 4) is 0 Å². The first-order valence-electron chi connectivity index (χ1n) is 8.37. The number of sulfonamides is 1. The summed E-state index contributed by atoms with van der Waals surface area (Å²) in [6.45, 7) is 4.24. The van der Waals surface area contributed by atoms with Gasteiger partial charge in [0.15, 0.2) is 0 Å². The summed E-state index contributed by atoms with van der Waals surface area (Å²) in [6.07, 6.45) is 0. The number of carbonyl (C=O) groups excluding carboxylic acids is 1. The summed E-state index contributed by atoms with van der Waals surface area (Å²) in [4.78, 5) is 12.2. The summed E-state index contributed by atoms with van der Waals surface area (Å²) in [5.41, 5.74) is 0.902. The third kappa shape index (κ3) is 5.41. The molecule has 0 aliphatic carbocycles. The molecule has 0 radical (unpaired) electrons. The molecule has 0 saturated heterocycles. The fraction of sp³-hybridized carbons (Fsp3) is 0.278. The fourth-order valence-corrected chi connectivity index (χ4v) is 4.13. The quantitative estimate of drug-likeness (QED) is 0.693. The third-order valence-electron chi connectivity index (χ3n) is 3.85. The van der Waals surface area contributed by atoms with Crippen LogP contribution in [-0.4, -0.2) is 38.3 Å². The maximum Gasteiger partial charge on any atom is 0.243 e. The van der Waals surface area contributed by atoms with Crippen molar-refractivity contribution in [2.24, 2.45) is 0 Å². The molecule has 2 rings (SSSR count). The van der Waals surface area contributed by atoms with Gasteiger partial charge in [0.05, 0.1) is 22.2 Å². The number of anilines is 2. The number of hydrogen-bond donors (Lipinski definition) is 2. The molecule has 0 fully saturated rings. The van der Waals surface area contributed by atoms with Crippen LogP contribution in [-0.2, 0) is 14.8 Å². The Bertz CT molecular complexity index is 901. The van der Waals surface area contributed by atoms with Gasteiger partial charge in [-0.1, -0.05) is 25.4 Å². The molecule has 0 atom stereocenters. The van der Waals surface area contributed by atoms with Crippen molar-refractivity contribution in [1.29, 1.82) is 0 Å². The zero-order chi connectivity index (χ0) is 20.0. The molecule has 0 aromatic heterocycles. The Labute approximate surface area is 163 Å². The fourth-order valence-electron chi connectivity index (χ4n) is 2.44. The van der Waals surface area contributed by atoms with Gasteiger partial charge in [-0.2, -0.15) is 4.31 Å². The molecule has 6 nitrogen and oxygen atoms in total. The Morgan fingerprint density at radius 1 is 1.11 bits per heavy atom. The number of benzene rings is 2. The Morgan fingerprint density at radius 3 is 2.30 bits per heavy atom. The number of carbonyl (C=O) groups is 1. The zero-order valence-corrected chi connectivity index (χ0v) is 16.6. The summed E-state index contributed by atoms with van der Waals surface area (Å²) in [7, 11) is -3.54. The molecule has 146 valence electrons. The molecule has 0 unspecified atom stereocenters. The summed E-state index contributed by atoms with van der Waals surface area (Å²) in [5.74, 6) is -0.815. The lowest BCUT2D eigenvalue weighted by molar-refractivity contribution is -0.114. The predicted octanol–water partition coefficient (Wildman–Crippen LogP) is 3.56. The normalized spacial score (nSPS) is 11.4. The minimum absolute atomic E-state index is 0.0785. The van der Waals surface area contributed by atoms with E-state index < -0.39 is 15.8 Å². The first kappa shape index (κ1) is 21.1. The maximum absolute atomic E-state index is 13.0. The van der Waals surface area contributed by atoms with E-state index in [0.717, 1.165) is 6.07 Å². The molecule has 2 aromatic rings. The van der Waals surface area contributed by atoms with Crippen LogP contribution < -0.4 is 10.6 Å². The largest absolute Gasteiger partial charge is 0.375 e. The molecule has 9 heteroatoms. The van der Waals surface area contributed by atoms with Crippen LogP contribution in [0.3, 0.4) is 0 Å². The highest BCUT2D eigenvalue weighted by Gasteiger charge is 2.21. The maximum atomic E-state index is 13.0. The third-order valence-corrected chi connectivity index (χ3v) is 6.23. The van der Waals surface area contributed by atoms with E-state index in [1.54, 1.807) is 13.8 Å². The van der Waals surface area contributed by atoms with E-state index in [-0.39, 0.29) is 22.4 Å². The van der Waals surface area contributed by atoms with Gasteiger partial charge in [0.2, 0.25) is 15.9 Å². The summed E-state index contributed by atoms with van der Waals surface area (Å²) < 4.78 is 39.2. The smallest absolute Gasteiger partial charge is 0.243 e. The number of hydrogen-bond acceptors (Lipinski definition) is 4. The van der Waals surface area contributed by atoms with Gasteiger partial charge in [-0.25, -0.2) is 12.8 Å². The highest BCUT2D eigenvalue weighted by Crippen LogP contribution is 2.22.